The Morgan fingerprint density at radius 3 is 0.500 bits per heavy atom. The maximum absolute atomic E-state index is 10.2. The first-order valence-electron chi connectivity index (χ1n) is 13.2. The molecule has 54 heavy (non-hydrogen) atoms. The third-order valence-corrected chi connectivity index (χ3v) is 4.20. The van der Waals surface area contributed by atoms with Crippen LogP contribution in [-0.4, -0.2) is 118 Å². The summed E-state index contributed by atoms with van der Waals surface area (Å²) in [6.45, 7) is 9.83. The number of carboxylic acids is 4. The summed E-state index contributed by atoms with van der Waals surface area (Å²) in [5, 5.41) is 40.8. The Labute approximate surface area is 335 Å². The molecule has 0 aliphatic rings. The second kappa shape index (κ2) is 59.0. The van der Waals surface area contributed by atoms with Crippen molar-refractivity contribution in [3.8, 4) is 0 Å². The quantitative estimate of drug-likeness (QED) is 0.114. The van der Waals surface area contributed by atoms with E-state index in [1.54, 1.807) is 0 Å². The van der Waals surface area contributed by atoms with Crippen molar-refractivity contribution in [1.82, 2.24) is 0 Å². The first kappa shape index (κ1) is 93.0. The van der Waals surface area contributed by atoms with Gasteiger partial charge in [0, 0.05) is 50.3 Å². The molecule has 0 saturated heterocycles. The van der Waals surface area contributed by atoms with E-state index in [1.807, 2.05) is 27.7 Å². The van der Waals surface area contributed by atoms with Gasteiger partial charge in [-0.05, 0) is 49.9 Å². The molecule has 2 radical (unpaired) electrons. The molecule has 24 nitrogen and oxygen atoms in total. The van der Waals surface area contributed by atoms with Crippen LogP contribution in [0, 0.1) is 0 Å². The molecule has 2 rings (SSSR count). The molecular weight excluding hydrogens is 831 g/mol. The van der Waals surface area contributed by atoms with E-state index in [4.69, 9.17) is 45.9 Å². The fraction of sp³-hybridized carbons (Fsp3) is 0.429. The molecule has 2 aromatic rings. The second-order valence-corrected chi connectivity index (χ2v) is 9.16. The van der Waals surface area contributed by atoms with Crippen LogP contribution < -0.4 is 66.3 Å². The predicted octanol–water partition coefficient (Wildman–Crippen LogP) is -12.6. The first-order chi connectivity index (χ1) is 20.3. The number of benzene rings is 2. The van der Waals surface area contributed by atoms with E-state index in [0.717, 1.165) is 48.5 Å². The molecule has 0 aliphatic heterocycles. The molecule has 0 saturated carbocycles. The molecule has 0 heterocycles. The summed E-state index contributed by atoms with van der Waals surface area (Å²) in [5.74, 6) is -5.33. The fourth-order valence-electron chi connectivity index (χ4n) is 1.48. The number of carboxylic acid groups (broad SMARTS) is 4. The van der Waals surface area contributed by atoms with Crippen LogP contribution in [0.15, 0.2) is 48.5 Å². The molecule has 0 unspecified atom stereocenters. The largest absolute Gasteiger partial charge is 2.00 e. The number of hydrogen-bond donors (Lipinski definition) is 8. The maximum Gasteiger partial charge on any atom is 2.00 e. The van der Waals surface area contributed by atoms with Gasteiger partial charge in [-0.3, -0.25) is 0 Å². The Morgan fingerprint density at radius 2 is 0.463 bits per heavy atom. The zero-order valence-corrected chi connectivity index (χ0v) is 32.1. The number of carbonyl (C=O) groups is 4. The summed E-state index contributed by atoms with van der Waals surface area (Å²) in [4.78, 5) is 40.8. The van der Waals surface area contributed by atoms with Gasteiger partial charge in [0.1, 0.15) is 0 Å². The first-order valence-corrected chi connectivity index (χ1v) is 13.2. The van der Waals surface area contributed by atoms with Crippen LogP contribution in [0.5, 0.6) is 0 Å². The van der Waals surface area contributed by atoms with Gasteiger partial charge in [-0.1, -0.05) is 48.5 Å². The van der Waals surface area contributed by atoms with Crippen molar-refractivity contribution in [3.63, 3.8) is 0 Å². The average Bonchev–Trinajstić information content (AvgIpc) is 2.98. The van der Waals surface area contributed by atoms with Crippen LogP contribution in [0.25, 0.3) is 0 Å². The summed E-state index contributed by atoms with van der Waals surface area (Å²) in [5.41, 5.74) is 40.6. The van der Waals surface area contributed by atoms with E-state index in [9.17, 15) is 39.6 Å². The van der Waals surface area contributed by atoms with Crippen LogP contribution in [0.4, 0.5) is 0 Å². The van der Waals surface area contributed by atoms with Gasteiger partial charge in [-0.15, -0.1) is 0 Å². The summed E-state index contributed by atoms with van der Waals surface area (Å²) >= 11 is 0. The van der Waals surface area contributed by atoms with Crippen molar-refractivity contribution < 1.29 is 118 Å². The Balaban J connectivity index is -0.0000000299. The minimum absolute atomic E-state index is 0. The number of carbonyl (C=O) groups excluding carboxylic acids is 4. The van der Waals surface area contributed by atoms with Crippen molar-refractivity contribution in [2.75, 3.05) is 26.2 Å². The van der Waals surface area contributed by atoms with Gasteiger partial charge in [0.2, 0.25) is 0 Å². The van der Waals surface area contributed by atoms with Gasteiger partial charge in [0.05, 0.1) is 23.9 Å². The Kier molecular flexibility index (Phi) is 102. The fourth-order valence-corrected chi connectivity index (χ4v) is 1.48. The molecule has 0 spiro atoms. The molecular formula is C28H64Cu2N8O16. The number of nitrogens with two attached hydrogens (primary N) is 8. The number of rotatable bonds is 8. The molecule has 26 heteroatoms. The van der Waals surface area contributed by atoms with Gasteiger partial charge in [0.15, 0.2) is 0 Å². The van der Waals surface area contributed by atoms with Crippen LogP contribution in [0.2, 0.25) is 0 Å². The predicted molar refractivity (Wildman–Crippen MR) is 190 cm³/mol. The molecule has 32 N–H and O–H groups in total. The van der Waals surface area contributed by atoms with Crippen LogP contribution in [-0.2, 0) is 34.1 Å². The number of aromatic carboxylic acids is 4. The second-order valence-electron chi connectivity index (χ2n) is 9.16. The van der Waals surface area contributed by atoms with Crippen molar-refractivity contribution >= 4 is 23.9 Å². The summed E-state index contributed by atoms with van der Waals surface area (Å²) in [6.07, 6.45) is 0. The van der Waals surface area contributed by atoms with E-state index in [-0.39, 0.29) is 124 Å². The Bertz CT molecular complexity index is 896. The van der Waals surface area contributed by atoms with Gasteiger partial charge in [-0.25, -0.2) is 0 Å². The average molecular weight is 896 g/mol. The molecule has 2 aromatic carbocycles. The van der Waals surface area contributed by atoms with Gasteiger partial charge >= 0.3 is 34.1 Å². The molecule has 4 atom stereocenters. The Morgan fingerprint density at radius 1 is 0.389 bits per heavy atom. The van der Waals surface area contributed by atoms with Crippen LogP contribution in [0.1, 0.15) is 69.1 Å². The zero-order chi connectivity index (χ0) is 35.4. The molecule has 0 amide bonds. The van der Waals surface area contributed by atoms with E-state index in [0.29, 0.717) is 26.2 Å². The zero-order valence-electron chi connectivity index (χ0n) is 30.2. The monoisotopic (exact) mass is 894 g/mol. The smallest absolute Gasteiger partial charge is 0.545 e. The van der Waals surface area contributed by atoms with Crippen LogP contribution >= 0.6 is 0 Å². The Hall–Kier alpha value is -3.28. The molecule has 0 bridgehead atoms. The standard InChI is InChI=1S/2C8H6O4.4C3H10N2.2Cu.8H2O/c2*9-7(10)5-1-2-6(4-3-5)8(11)12;4*1-3(5)2-4;;;;;;;;;;/h2*1-4H,(H,9,10)(H,11,12);4*3H,2,4-5H2,1H3;;;8*1H2/q;;;;;;2*+2;;;;;;;;/p-4/t;;4*3-;;;;;;;;;;/m..1100........../s1. The van der Waals surface area contributed by atoms with E-state index in [1.165, 1.54) is 0 Å². The molecule has 0 aliphatic carbocycles. The minimum atomic E-state index is -1.33. The van der Waals surface area contributed by atoms with Crippen LogP contribution in [0.3, 0.4) is 0 Å². The molecule has 0 fully saturated rings. The third kappa shape index (κ3) is 66.9. The van der Waals surface area contributed by atoms with Crippen molar-refractivity contribution in [2.45, 2.75) is 51.9 Å². The SMILES string of the molecule is C[C@@H](N)CN.C[C@@H](N)CN.C[C@H](N)CN.C[C@H](N)CN.O.O.O.O.O.O.O.O.O=C([O-])c1ccc(C(=O)[O-])cc1.O=C([O-])c1ccc(C(=O)[O-])cc1.[Cu+2].[Cu+2]. The van der Waals surface area contributed by atoms with E-state index in [2.05, 4.69) is 0 Å². The van der Waals surface area contributed by atoms with Crippen molar-refractivity contribution in [1.29, 1.82) is 0 Å². The van der Waals surface area contributed by atoms with Gasteiger partial charge < -0.3 is 129 Å². The summed E-state index contributed by atoms with van der Waals surface area (Å²) in [6, 6.07) is 9.87. The summed E-state index contributed by atoms with van der Waals surface area (Å²) in [7, 11) is 0. The van der Waals surface area contributed by atoms with E-state index < -0.39 is 23.9 Å². The number of hydrogen-bond acceptors (Lipinski definition) is 16. The molecule has 0 aromatic heterocycles. The van der Waals surface area contributed by atoms with Crippen molar-refractivity contribution in [2.24, 2.45) is 45.9 Å². The normalized spacial score (nSPS) is 9.70. The maximum atomic E-state index is 10.2. The topological polar surface area (TPSA) is 621 Å². The van der Waals surface area contributed by atoms with Crippen molar-refractivity contribution in [3.05, 3.63) is 70.8 Å². The van der Waals surface area contributed by atoms with Gasteiger partial charge in [-0.2, -0.15) is 0 Å². The molecule has 334 valence electrons. The third-order valence-electron chi connectivity index (χ3n) is 4.20. The van der Waals surface area contributed by atoms with E-state index >= 15 is 0 Å². The summed E-state index contributed by atoms with van der Waals surface area (Å²) < 4.78 is 0. The van der Waals surface area contributed by atoms with Gasteiger partial charge in [0.25, 0.3) is 0 Å². The minimum Gasteiger partial charge on any atom is -0.545 e.